The van der Waals surface area contributed by atoms with E-state index in [1.807, 2.05) is 0 Å². The van der Waals surface area contributed by atoms with Crippen LogP contribution >= 0.6 is 0 Å². The van der Waals surface area contributed by atoms with E-state index < -0.39 is 40.5 Å². The maximum Gasteiger partial charge on any atom is 0.492 e. The molecule has 2 amide bonds. The number of amides is 2. The van der Waals surface area contributed by atoms with E-state index in [-0.39, 0.29) is 43.4 Å². The summed E-state index contributed by atoms with van der Waals surface area (Å²) in [5.41, 5.74) is -2.08. The van der Waals surface area contributed by atoms with Crippen LogP contribution in [0.4, 0.5) is 42.5 Å². The zero-order chi connectivity index (χ0) is 25.6. The molecule has 9 nitrogen and oxygen atoms in total. The molecule has 0 unspecified atom stereocenters. The second-order valence-electron chi connectivity index (χ2n) is 7.63. The van der Waals surface area contributed by atoms with Crippen molar-refractivity contribution in [2.45, 2.75) is 18.3 Å². The standard InChI is InChI=1S/C20H16F6N4O5/c21-18(22,23)12-5-6-13(14(11-12)30(32)33)28-7-9-29(10-8-28)17(31)27-20(19(24,25)26)34-15-3-1-2-4-16(15)35-20/h1-6,11H,7-10H2,(H,27,31). The normalized spacial score (nSPS) is 17.3. The van der Waals surface area contributed by atoms with E-state index in [0.29, 0.717) is 12.1 Å². The first-order valence-corrected chi connectivity index (χ1v) is 10.0. The van der Waals surface area contributed by atoms with Gasteiger partial charge in [0.15, 0.2) is 11.5 Å². The molecule has 2 aromatic carbocycles. The van der Waals surface area contributed by atoms with E-state index in [9.17, 15) is 41.3 Å². The van der Waals surface area contributed by atoms with E-state index in [4.69, 9.17) is 9.47 Å². The number of carbonyl (C=O) groups excluding carboxylic acids is 1. The number of ether oxygens (including phenoxy) is 2. The molecule has 2 aliphatic heterocycles. The number of nitro groups is 1. The molecule has 188 valence electrons. The number of nitro benzene ring substituents is 1. The number of alkyl halides is 6. The fraction of sp³-hybridized carbons (Fsp3) is 0.350. The van der Waals surface area contributed by atoms with Crippen LogP contribution in [-0.4, -0.2) is 54.1 Å². The Morgan fingerprint density at radius 1 is 0.971 bits per heavy atom. The molecule has 0 atom stereocenters. The van der Waals surface area contributed by atoms with Gasteiger partial charge in [-0.1, -0.05) is 12.1 Å². The number of anilines is 1. The topological polar surface area (TPSA) is 97.2 Å². The van der Waals surface area contributed by atoms with E-state index in [1.165, 1.54) is 29.2 Å². The molecule has 0 radical (unpaired) electrons. The lowest BCUT2D eigenvalue weighted by atomic mass is 10.1. The molecule has 1 saturated heterocycles. The highest BCUT2D eigenvalue weighted by Gasteiger charge is 2.66. The van der Waals surface area contributed by atoms with Gasteiger partial charge in [-0.05, 0) is 24.3 Å². The second kappa shape index (κ2) is 8.39. The number of nitrogens with one attached hydrogen (secondary N) is 1. The molecular formula is C20H16F6N4O5. The molecule has 0 aromatic heterocycles. The van der Waals surface area contributed by atoms with Gasteiger partial charge in [-0.3, -0.25) is 15.4 Å². The first-order chi connectivity index (χ1) is 16.3. The third kappa shape index (κ3) is 4.57. The van der Waals surface area contributed by atoms with Crippen LogP contribution < -0.4 is 19.7 Å². The number of hydrogen-bond acceptors (Lipinski definition) is 6. The van der Waals surface area contributed by atoms with Crippen LogP contribution in [-0.2, 0) is 6.18 Å². The fourth-order valence-corrected chi connectivity index (χ4v) is 3.67. The molecule has 1 N–H and O–H groups in total. The third-order valence-corrected chi connectivity index (χ3v) is 5.41. The maximum absolute atomic E-state index is 13.8. The summed E-state index contributed by atoms with van der Waals surface area (Å²) in [5.74, 6) is -3.88. The number of fused-ring (bicyclic) bond motifs is 1. The SMILES string of the molecule is O=C(NC1(C(F)(F)F)Oc2ccccc2O1)N1CCN(c2ccc(C(F)(F)F)cc2[N+](=O)[O-])CC1. The van der Waals surface area contributed by atoms with Gasteiger partial charge in [0.1, 0.15) is 5.69 Å². The summed E-state index contributed by atoms with van der Waals surface area (Å²) >= 11 is 0. The number of halogens is 6. The summed E-state index contributed by atoms with van der Waals surface area (Å²) in [6, 6.07) is 6.22. The Hall–Kier alpha value is -3.91. The van der Waals surface area contributed by atoms with Gasteiger partial charge in [-0.25, -0.2) is 4.79 Å². The summed E-state index contributed by atoms with van der Waals surface area (Å²) in [6.45, 7) is -0.517. The monoisotopic (exact) mass is 506 g/mol. The summed E-state index contributed by atoms with van der Waals surface area (Å²) in [4.78, 5) is 25.4. The first-order valence-electron chi connectivity index (χ1n) is 10.0. The minimum absolute atomic E-state index is 0.0828. The molecule has 1 fully saturated rings. The van der Waals surface area contributed by atoms with Gasteiger partial charge in [0.2, 0.25) is 0 Å². The van der Waals surface area contributed by atoms with Crippen molar-refractivity contribution < 1.29 is 45.5 Å². The van der Waals surface area contributed by atoms with Crippen LogP contribution in [0.5, 0.6) is 11.5 Å². The number of urea groups is 1. The van der Waals surface area contributed by atoms with Crippen molar-refractivity contribution in [3.8, 4) is 11.5 Å². The Labute approximate surface area is 193 Å². The van der Waals surface area contributed by atoms with Crippen molar-refractivity contribution in [3.05, 3.63) is 58.1 Å². The van der Waals surface area contributed by atoms with Crippen LogP contribution in [0.2, 0.25) is 0 Å². The van der Waals surface area contributed by atoms with E-state index >= 15 is 0 Å². The lowest BCUT2D eigenvalue weighted by Gasteiger charge is -2.37. The Morgan fingerprint density at radius 2 is 1.54 bits per heavy atom. The highest BCUT2D eigenvalue weighted by molar-refractivity contribution is 5.76. The average Bonchev–Trinajstić information content (AvgIpc) is 3.17. The molecule has 35 heavy (non-hydrogen) atoms. The Morgan fingerprint density at radius 3 is 2.03 bits per heavy atom. The van der Waals surface area contributed by atoms with Crippen LogP contribution in [0.1, 0.15) is 5.56 Å². The lowest BCUT2D eigenvalue weighted by Crippen LogP contribution is -2.67. The van der Waals surface area contributed by atoms with Gasteiger partial charge >= 0.3 is 24.3 Å². The van der Waals surface area contributed by atoms with Crippen LogP contribution in [0.3, 0.4) is 0 Å². The molecule has 0 aliphatic carbocycles. The predicted molar refractivity (Wildman–Crippen MR) is 107 cm³/mol. The molecule has 15 heteroatoms. The van der Waals surface area contributed by atoms with Crippen molar-refractivity contribution in [1.82, 2.24) is 10.2 Å². The molecule has 2 aliphatic rings. The van der Waals surface area contributed by atoms with Crippen LogP contribution in [0, 0.1) is 10.1 Å². The van der Waals surface area contributed by atoms with E-state index in [2.05, 4.69) is 0 Å². The Kier molecular flexibility index (Phi) is 5.81. The number of piperazine rings is 1. The fourth-order valence-electron chi connectivity index (χ4n) is 3.67. The van der Waals surface area contributed by atoms with E-state index in [0.717, 1.165) is 11.0 Å². The van der Waals surface area contributed by atoms with Gasteiger partial charge in [0.25, 0.3) is 5.69 Å². The molecule has 0 bridgehead atoms. The molecule has 0 saturated carbocycles. The van der Waals surface area contributed by atoms with Gasteiger partial charge in [-0.2, -0.15) is 26.3 Å². The molecule has 4 rings (SSSR count). The number of carbonyl (C=O) groups is 1. The molecule has 0 spiro atoms. The first kappa shape index (κ1) is 24.2. The predicted octanol–water partition coefficient (Wildman–Crippen LogP) is 4.13. The van der Waals surface area contributed by atoms with E-state index in [1.54, 1.807) is 5.32 Å². The van der Waals surface area contributed by atoms with Gasteiger partial charge in [0, 0.05) is 32.2 Å². The lowest BCUT2D eigenvalue weighted by molar-refractivity contribution is -0.384. The zero-order valence-corrected chi connectivity index (χ0v) is 17.5. The molecule has 2 aromatic rings. The number of hydrogen-bond donors (Lipinski definition) is 1. The number of nitrogens with zero attached hydrogens (tertiary/aromatic N) is 3. The second-order valence-corrected chi connectivity index (χ2v) is 7.63. The van der Waals surface area contributed by atoms with Crippen LogP contribution in [0.25, 0.3) is 0 Å². The van der Waals surface area contributed by atoms with Gasteiger partial charge in [0.05, 0.1) is 10.5 Å². The van der Waals surface area contributed by atoms with Gasteiger partial charge < -0.3 is 19.3 Å². The third-order valence-electron chi connectivity index (χ3n) is 5.41. The summed E-state index contributed by atoms with van der Waals surface area (Å²) < 4.78 is 90.0. The zero-order valence-electron chi connectivity index (χ0n) is 17.5. The van der Waals surface area contributed by atoms with Crippen molar-refractivity contribution >= 4 is 17.4 Å². The summed E-state index contributed by atoms with van der Waals surface area (Å²) in [5, 5.41) is 13.1. The van der Waals surface area contributed by atoms with Crippen molar-refractivity contribution in [2.24, 2.45) is 0 Å². The van der Waals surface area contributed by atoms with Crippen molar-refractivity contribution in [3.63, 3.8) is 0 Å². The highest BCUT2D eigenvalue weighted by Crippen LogP contribution is 2.45. The van der Waals surface area contributed by atoms with Crippen LogP contribution in [0.15, 0.2) is 42.5 Å². The number of benzene rings is 2. The summed E-state index contributed by atoms with van der Waals surface area (Å²) in [7, 11) is 0. The minimum Gasteiger partial charge on any atom is -0.424 e. The molecule has 2 heterocycles. The largest absolute Gasteiger partial charge is 0.492 e. The van der Waals surface area contributed by atoms with Crippen molar-refractivity contribution in [1.29, 1.82) is 0 Å². The summed E-state index contributed by atoms with van der Waals surface area (Å²) in [6.07, 6.45) is -9.93. The highest BCUT2D eigenvalue weighted by atomic mass is 19.4. The van der Waals surface area contributed by atoms with Crippen molar-refractivity contribution in [2.75, 3.05) is 31.1 Å². The maximum atomic E-state index is 13.8. The van der Waals surface area contributed by atoms with Gasteiger partial charge in [-0.15, -0.1) is 0 Å². The number of para-hydroxylation sites is 2. The Balaban J connectivity index is 1.46. The molecular weight excluding hydrogens is 490 g/mol. The number of rotatable bonds is 3. The Bertz CT molecular complexity index is 1120. The minimum atomic E-state index is -5.15. The quantitative estimate of drug-likeness (QED) is 0.382. The average molecular weight is 506 g/mol. The smallest absolute Gasteiger partial charge is 0.424 e.